The van der Waals surface area contributed by atoms with E-state index in [2.05, 4.69) is 26.0 Å². The number of thioether (sulfide) groups is 4. The zero-order valence-corrected chi connectivity index (χ0v) is 33.9. The monoisotopic (exact) mass is 810 g/mol. The number of rotatable bonds is 6. The van der Waals surface area contributed by atoms with Crippen molar-refractivity contribution in [2.24, 2.45) is 0 Å². The van der Waals surface area contributed by atoms with Crippen LogP contribution >= 0.6 is 47.0 Å². The summed E-state index contributed by atoms with van der Waals surface area (Å²) in [6, 6.07) is 33.0. The van der Waals surface area contributed by atoms with Crippen molar-refractivity contribution in [1.82, 2.24) is 0 Å². The highest BCUT2D eigenvalue weighted by Crippen LogP contribution is 2.58. The molecule has 0 atom stereocenters. The van der Waals surface area contributed by atoms with Gasteiger partial charge in [-0.15, -0.1) is 0 Å². The van der Waals surface area contributed by atoms with Crippen LogP contribution in [0.1, 0.15) is 38.8 Å². The summed E-state index contributed by atoms with van der Waals surface area (Å²) in [6.45, 7) is 7.25. The second kappa shape index (κ2) is 15.0. The van der Waals surface area contributed by atoms with Crippen LogP contribution in [0.5, 0.6) is 23.0 Å². The largest absolute Gasteiger partial charge is 0.507 e. The number of aromatic hydroxyl groups is 4. The summed E-state index contributed by atoms with van der Waals surface area (Å²) >= 11 is 5.72. The first kappa shape index (κ1) is 37.7. The minimum absolute atomic E-state index is 0.0122. The van der Waals surface area contributed by atoms with Crippen LogP contribution in [0.15, 0.2) is 133 Å². The molecular weight excluding hydrogens is 777 g/mol. The van der Waals surface area contributed by atoms with Gasteiger partial charge in [0.2, 0.25) is 0 Å². The summed E-state index contributed by atoms with van der Waals surface area (Å²) < 4.78 is 1.12. The number of carbonyl (C=O) groups is 2. The van der Waals surface area contributed by atoms with Crippen molar-refractivity contribution in [2.75, 3.05) is 0 Å². The maximum Gasteiger partial charge on any atom is 0.190 e. The lowest BCUT2D eigenvalue weighted by molar-refractivity contribution is -0.109. The van der Waals surface area contributed by atoms with E-state index in [1.54, 1.807) is 47.8 Å². The molecule has 1 aliphatic heterocycles. The zero-order valence-electron chi connectivity index (χ0n) is 30.6. The van der Waals surface area contributed by atoms with E-state index in [0.717, 1.165) is 76.5 Å². The van der Waals surface area contributed by atoms with Crippen LogP contribution < -0.4 is 0 Å². The van der Waals surface area contributed by atoms with Crippen molar-refractivity contribution in [3.05, 3.63) is 134 Å². The van der Waals surface area contributed by atoms with Crippen LogP contribution in [-0.4, -0.2) is 30.7 Å². The Bertz CT molecular complexity index is 2510. The number of allylic oxidation sites excluding steroid dienone is 2. The number of fused-ring (bicyclic) bond motifs is 3. The Morgan fingerprint density at radius 2 is 0.750 bits per heavy atom. The molecule has 2 aliphatic rings. The van der Waals surface area contributed by atoms with Crippen LogP contribution in [0.2, 0.25) is 0 Å². The molecular formula is C46H34O6S4. The second-order valence-corrected chi connectivity index (χ2v) is 18.7. The molecule has 10 heteroatoms. The van der Waals surface area contributed by atoms with Crippen LogP contribution in [-0.2, 0) is 9.59 Å². The van der Waals surface area contributed by atoms with Gasteiger partial charge >= 0.3 is 0 Å². The third kappa shape index (κ3) is 7.14. The summed E-state index contributed by atoms with van der Waals surface area (Å²) in [5.41, 5.74) is 9.92. The fraction of sp³-hybridized carbons (Fsp3) is 0.0870. The molecule has 0 spiro atoms. The standard InChI is InChI=1S/C46H34O6S4/c1-23-24(2)54-46(53-23)45-39-17-29(37-21-41(49)35(19-43(37)51)27-5-11-31(12-6-27)55-25(3)47)9-15-33(39)34-16-10-30(18-40(34)45)38-22-42(50)36(20-44(38)52)28-7-13-32(14-8-28)56-26(4)48/h5-22,49-52H,1-4H3. The normalized spacial score (nSPS) is 13.3. The van der Waals surface area contributed by atoms with Gasteiger partial charge in [0.25, 0.3) is 0 Å². The Morgan fingerprint density at radius 1 is 0.429 bits per heavy atom. The Labute approximate surface area is 341 Å². The summed E-state index contributed by atoms with van der Waals surface area (Å²) in [5, 5.41) is 45.2. The molecule has 0 unspecified atom stereocenters. The number of benzene rings is 6. The van der Waals surface area contributed by atoms with Gasteiger partial charge in [0.15, 0.2) is 10.2 Å². The topological polar surface area (TPSA) is 115 Å². The first-order valence-corrected chi connectivity index (χ1v) is 20.9. The molecule has 8 rings (SSSR count). The maximum atomic E-state index is 11.5. The van der Waals surface area contributed by atoms with Gasteiger partial charge in [0.05, 0.1) is 4.24 Å². The summed E-state index contributed by atoms with van der Waals surface area (Å²) in [6.07, 6.45) is 0. The molecule has 6 nitrogen and oxygen atoms in total. The van der Waals surface area contributed by atoms with Gasteiger partial charge in [-0.3, -0.25) is 9.59 Å². The molecule has 4 N–H and O–H groups in total. The molecule has 0 saturated carbocycles. The van der Waals surface area contributed by atoms with Gasteiger partial charge in [0.1, 0.15) is 23.0 Å². The highest BCUT2D eigenvalue weighted by atomic mass is 32.2. The quantitative estimate of drug-likeness (QED) is 0.0956. The van der Waals surface area contributed by atoms with E-state index < -0.39 is 0 Å². The predicted octanol–water partition coefficient (Wildman–Crippen LogP) is 12.9. The summed E-state index contributed by atoms with van der Waals surface area (Å²) in [4.78, 5) is 27.1. The molecule has 6 aromatic rings. The van der Waals surface area contributed by atoms with Crippen LogP contribution in [0.3, 0.4) is 0 Å². The fourth-order valence-electron chi connectivity index (χ4n) is 7.03. The Hall–Kier alpha value is -5.26. The van der Waals surface area contributed by atoms with E-state index in [0.29, 0.717) is 33.4 Å². The number of phenols is 4. The molecule has 6 aromatic carbocycles. The van der Waals surface area contributed by atoms with E-state index in [4.69, 9.17) is 0 Å². The van der Waals surface area contributed by atoms with Crippen molar-refractivity contribution in [3.63, 3.8) is 0 Å². The zero-order chi connectivity index (χ0) is 39.4. The first-order valence-electron chi connectivity index (χ1n) is 17.6. The fourth-order valence-corrected chi connectivity index (χ4v) is 10.9. The predicted molar refractivity (Wildman–Crippen MR) is 233 cm³/mol. The van der Waals surface area contributed by atoms with Gasteiger partial charge in [-0.1, -0.05) is 95.6 Å². The lowest BCUT2D eigenvalue weighted by Gasteiger charge is -2.14. The molecule has 0 aromatic heterocycles. The lowest BCUT2D eigenvalue weighted by atomic mass is 9.95. The lowest BCUT2D eigenvalue weighted by Crippen LogP contribution is -1.89. The van der Waals surface area contributed by atoms with Gasteiger partial charge in [-0.2, -0.15) is 0 Å². The smallest absolute Gasteiger partial charge is 0.190 e. The van der Waals surface area contributed by atoms with Crippen LogP contribution in [0.25, 0.3) is 61.2 Å². The van der Waals surface area contributed by atoms with Crippen LogP contribution in [0, 0.1) is 0 Å². The number of hydrogen-bond acceptors (Lipinski definition) is 10. The van der Waals surface area contributed by atoms with E-state index in [1.165, 1.54) is 23.7 Å². The van der Waals surface area contributed by atoms with E-state index >= 15 is 0 Å². The van der Waals surface area contributed by atoms with E-state index in [1.807, 2.05) is 72.8 Å². The summed E-state index contributed by atoms with van der Waals surface area (Å²) in [5.74, 6) is 0.0866. The van der Waals surface area contributed by atoms with Crippen molar-refractivity contribution in [2.45, 2.75) is 37.5 Å². The second-order valence-electron chi connectivity index (χ2n) is 13.5. The molecule has 0 saturated heterocycles. The van der Waals surface area contributed by atoms with E-state index in [-0.39, 0.29) is 33.2 Å². The van der Waals surface area contributed by atoms with Crippen molar-refractivity contribution < 1.29 is 30.0 Å². The third-order valence-electron chi connectivity index (χ3n) is 9.76. The molecule has 0 fully saturated rings. The van der Waals surface area contributed by atoms with Crippen LogP contribution in [0.4, 0.5) is 0 Å². The van der Waals surface area contributed by atoms with E-state index in [9.17, 15) is 30.0 Å². The average Bonchev–Trinajstić information content (AvgIpc) is 3.67. The van der Waals surface area contributed by atoms with Gasteiger partial charge in [-0.25, -0.2) is 0 Å². The Balaban J connectivity index is 1.17. The SMILES string of the molecule is CC(=O)Sc1ccc(-c2cc(O)c(-c3ccc4c(c3)C(=C3SC(C)=C(C)S3)c3cc(-c5cc(O)c(-c6ccc(SC(C)=O)cc6)cc5O)ccc3-4)cc2O)cc1. The van der Waals surface area contributed by atoms with Crippen molar-refractivity contribution >= 4 is 62.9 Å². The molecule has 278 valence electrons. The number of carbonyl (C=O) groups excluding carboxylic acids is 2. The van der Waals surface area contributed by atoms with Gasteiger partial charge < -0.3 is 20.4 Å². The number of hydrogen-bond donors (Lipinski definition) is 4. The minimum atomic E-state index is -0.0122. The molecule has 0 bridgehead atoms. The highest BCUT2D eigenvalue weighted by molar-refractivity contribution is 8.28. The minimum Gasteiger partial charge on any atom is -0.507 e. The average molecular weight is 811 g/mol. The van der Waals surface area contributed by atoms with Crippen molar-refractivity contribution in [3.8, 4) is 78.6 Å². The highest BCUT2D eigenvalue weighted by Gasteiger charge is 2.31. The molecule has 1 heterocycles. The summed E-state index contributed by atoms with van der Waals surface area (Å²) in [7, 11) is 0. The van der Waals surface area contributed by atoms with Crippen molar-refractivity contribution in [1.29, 1.82) is 0 Å². The maximum absolute atomic E-state index is 11.5. The number of phenolic OH excluding ortho intramolecular Hbond substituents is 4. The Morgan fingerprint density at radius 3 is 1.09 bits per heavy atom. The van der Waals surface area contributed by atoms with Gasteiger partial charge in [-0.05, 0) is 129 Å². The Kier molecular flexibility index (Phi) is 10.1. The first-order chi connectivity index (χ1) is 26.8. The van der Waals surface area contributed by atoms with Gasteiger partial charge in [0, 0.05) is 51.5 Å². The molecule has 1 aliphatic carbocycles. The molecule has 0 amide bonds. The third-order valence-corrected chi connectivity index (χ3v) is 14.0. The molecule has 56 heavy (non-hydrogen) atoms. The molecule has 0 radical (unpaired) electrons.